The van der Waals surface area contributed by atoms with E-state index in [9.17, 15) is 5.26 Å². The van der Waals surface area contributed by atoms with E-state index in [0.717, 1.165) is 28.1 Å². The van der Waals surface area contributed by atoms with Crippen LogP contribution in [0.5, 0.6) is 0 Å². The Hall–Kier alpha value is -2.36. The van der Waals surface area contributed by atoms with Gasteiger partial charge in [0.1, 0.15) is 17.0 Å². The molecule has 0 saturated carbocycles. The molecule has 0 aliphatic carbocycles. The van der Waals surface area contributed by atoms with Gasteiger partial charge < -0.3 is 5.32 Å². The highest BCUT2D eigenvalue weighted by Gasteiger charge is 2.16. The molecular formula is C18H20ClN5S. The van der Waals surface area contributed by atoms with Crippen molar-refractivity contribution in [3.05, 3.63) is 45.6 Å². The fourth-order valence-electron chi connectivity index (χ4n) is 2.25. The molecule has 0 aliphatic heterocycles. The Morgan fingerprint density at radius 1 is 1.32 bits per heavy atom. The van der Waals surface area contributed by atoms with Gasteiger partial charge >= 0.3 is 0 Å². The summed E-state index contributed by atoms with van der Waals surface area (Å²) in [6.07, 6.45) is 0.871. The van der Waals surface area contributed by atoms with Crippen molar-refractivity contribution >= 4 is 34.6 Å². The van der Waals surface area contributed by atoms with Gasteiger partial charge in [-0.3, -0.25) is 5.10 Å². The lowest BCUT2D eigenvalue weighted by atomic mass is 10.1. The smallest absolute Gasteiger partial charge is 0.153 e. The van der Waals surface area contributed by atoms with Gasteiger partial charge in [0, 0.05) is 22.2 Å². The van der Waals surface area contributed by atoms with Crippen molar-refractivity contribution in [1.82, 2.24) is 15.2 Å². The van der Waals surface area contributed by atoms with Gasteiger partial charge in [0.15, 0.2) is 5.82 Å². The van der Waals surface area contributed by atoms with Crippen molar-refractivity contribution in [2.24, 2.45) is 0 Å². The summed E-state index contributed by atoms with van der Waals surface area (Å²) >= 11 is 7.78. The predicted octanol–water partition coefficient (Wildman–Crippen LogP) is 5.70. The molecule has 0 fully saturated rings. The van der Waals surface area contributed by atoms with Crippen LogP contribution in [-0.2, 0) is 6.42 Å². The lowest BCUT2D eigenvalue weighted by Crippen LogP contribution is -1.98. The van der Waals surface area contributed by atoms with Crippen molar-refractivity contribution in [1.29, 1.82) is 5.26 Å². The van der Waals surface area contributed by atoms with Gasteiger partial charge in [-0.2, -0.15) is 10.4 Å². The first-order valence-electron chi connectivity index (χ1n) is 8.08. The van der Waals surface area contributed by atoms with E-state index in [1.165, 1.54) is 0 Å². The average Bonchev–Trinajstić information content (AvgIpc) is 3.25. The molecule has 0 atom stereocenters. The average molecular weight is 374 g/mol. The van der Waals surface area contributed by atoms with Crippen LogP contribution >= 0.6 is 22.9 Å². The van der Waals surface area contributed by atoms with Crippen molar-refractivity contribution < 1.29 is 0 Å². The fraction of sp³-hybridized carbons (Fsp3) is 0.278. The van der Waals surface area contributed by atoms with E-state index in [1.807, 2.05) is 51.3 Å². The third-order valence-corrected chi connectivity index (χ3v) is 4.79. The number of rotatable bonds is 4. The van der Waals surface area contributed by atoms with E-state index >= 15 is 0 Å². The molecule has 3 aromatic heterocycles. The van der Waals surface area contributed by atoms with E-state index in [2.05, 4.69) is 26.6 Å². The van der Waals surface area contributed by atoms with Crippen LogP contribution in [0.1, 0.15) is 37.6 Å². The van der Waals surface area contributed by atoms with E-state index < -0.39 is 0 Å². The molecule has 0 spiro atoms. The number of nitriles is 1. The van der Waals surface area contributed by atoms with Gasteiger partial charge in [-0.15, -0.1) is 11.3 Å². The molecule has 0 aromatic carbocycles. The Kier molecular flexibility index (Phi) is 6.57. The maximum Gasteiger partial charge on any atom is 0.153 e. The number of anilines is 2. The summed E-state index contributed by atoms with van der Waals surface area (Å²) < 4.78 is 0. The van der Waals surface area contributed by atoms with Crippen LogP contribution < -0.4 is 5.32 Å². The first-order chi connectivity index (χ1) is 12.1. The molecule has 5 nitrogen and oxygen atoms in total. The number of pyridine rings is 1. The minimum atomic E-state index is 0.187. The number of thiophene rings is 1. The van der Waals surface area contributed by atoms with Crippen LogP contribution in [0, 0.1) is 18.3 Å². The van der Waals surface area contributed by atoms with Gasteiger partial charge in [0.25, 0.3) is 0 Å². The zero-order chi connectivity index (χ0) is 18.4. The second-order valence-corrected chi connectivity index (χ2v) is 6.30. The molecule has 130 valence electrons. The number of H-pyrrole nitrogens is 1. The molecule has 0 bridgehead atoms. The second kappa shape index (κ2) is 8.65. The highest BCUT2D eigenvalue weighted by Crippen LogP contribution is 2.36. The van der Waals surface area contributed by atoms with Gasteiger partial charge in [-0.25, -0.2) is 4.98 Å². The van der Waals surface area contributed by atoms with Gasteiger partial charge in [-0.05, 0) is 36.4 Å². The van der Waals surface area contributed by atoms with Crippen molar-refractivity contribution in [3.8, 4) is 16.5 Å². The molecule has 0 unspecified atom stereocenters. The zero-order valence-corrected chi connectivity index (χ0v) is 16.2. The topological polar surface area (TPSA) is 77.4 Å². The first kappa shape index (κ1) is 19.0. The maximum absolute atomic E-state index is 9.40. The second-order valence-electron chi connectivity index (χ2n) is 5.02. The molecule has 25 heavy (non-hydrogen) atoms. The lowest BCUT2D eigenvalue weighted by Gasteiger charge is -2.09. The summed E-state index contributed by atoms with van der Waals surface area (Å²) in [4.78, 5) is 5.28. The fourth-order valence-corrected chi connectivity index (χ4v) is 3.44. The molecule has 0 aliphatic rings. The number of aromatic amines is 1. The standard InChI is InChI=1S/C16H14ClN5S.C2H6/c1-3-10-6-14(22-21-10)19-13-7-11(12(8-18)16(17)20-13)15-9(2)4-5-23-15;1-2/h4-7H,3H2,1-2H3,(H2,19,20,21,22);1-2H3. The normalized spacial score (nSPS) is 9.92. The Bertz CT molecular complexity index is 891. The Balaban J connectivity index is 0.00000109. The molecule has 3 aromatic rings. The predicted molar refractivity (Wildman–Crippen MR) is 105 cm³/mol. The van der Waals surface area contributed by atoms with Crippen LogP contribution in [0.25, 0.3) is 10.4 Å². The molecule has 2 N–H and O–H groups in total. The molecule has 0 radical (unpaired) electrons. The van der Waals surface area contributed by atoms with Crippen LogP contribution in [0.15, 0.2) is 23.6 Å². The monoisotopic (exact) mass is 373 g/mol. The highest BCUT2D eigenvalue weighted by atomic mass is 35.5. The van der Waals surface area contributed by atoms with Crippen LogP contribution in [-0.4, -0.2) is 15.2 Å². The SMILES string of the molecule is CC.CCc1cc(Nc2cc(-c3sccc3C)c(C#N)c(Cl)n2)n[nH]1. The number of hydrogen-bond acceptors (Lipinski definition) is 5. The molecule has 7 heteroatoms. The lowest BCUT2D eigenvalue weighted by molar-refractivity contribution is 0.976. The van der Waals surface area contributed by atoms with Crippen molar-refractivity contribution in [2.75, 3.05) is 5.32 Å². The maximum atomic E-state index is 9.40. The largest absolute Gasteiger partial charge is 0.323 e. The van der Waals surface area contributed by atoms with Gasteiger partial charge in [-0.1, -0.05) is 32.4 Å². The summed E-state index contributed by atoms with van der Waals surface area (Å²) in [6.45, 7) is 8.06. The first-order valence-corrected chi connectivity index (χ1v) is 9.34. The van der Waals surface area contributed by atoms with Gasteiger partial charge in [0.05, 0.1) is 5.56 Å². The third kappa shape index (κ3) is 4.19. The van der Waals surface area contributed by atoms with Crippen LogP contribution in [0.3, 0.4) is 0 Å². The van der Waals surface area contributed by atoms with E-state index in [-0.39, 0.29) is 5.15 Å². The molecule has 3 rings (SSSR count). The summed E-state index contributed by atoms with van der Waals surface area (Å²) in [6, 6.07) is 7.92. The Morgan fingerprint density at radius 3 is 2.64 bits per heavy atom. The Labute approximate surface area is 156 Å². The highest BCUT2D eigenvalue weighted by molar-refractivity contribution is 7.13. The molecular weight excluding hydrogens is 354 g/mol. The molecule has 3 heterocycles. The summed E-state index contributed by atoms with van der Waals surface area (Å²) in [5.41, 5.74) is 3.31. The van der Waals surface area contributed by atoms with Crippen LogP contribution in [0.4, 0.5) is 11.6 Å². The van der Waals surface area contributed by atoms with Crippen molar-refractivity contribution in [2.45, 2.75) is 34.1 Å². The zero-order valence-electron chi connectivity index (χ0n) is 14.6. The number of aromatic nitrogens is 3. The number of nitrogens with one attached hydrogen (secondary N) is 2. The van der Waals surface area contributed by atoms with Crippen LogP contribution in [0.2, 0.25) is 5.15 Å². The summed E-state index contributed by atoms with van der Waals surface area (Å²) in [7, 11) is 0. The third-order valence-electron chi connectivity index (χ3n) is 3.46. The van der Waals surface area contributed by atoms with E-state index in [1.54, 1.807) is 11.3 Å². The molecule has 0 saturated heterocycles. The minimum Gasteiger partial charge on any atom is -0.323 e. The quantitative estimate of drug-likeness (QED) is 0.575. The molecule has 0 amide bonds. The number of aryl methyl sites for hydroxylation is 2. The van der Waals surface area contributed by atoms with Gasteiger partial charge in [0.2, 0.25) is 0 Å². The van der Waals surface area contributed by atoms with E-state index in [4.69, 9.17) is 11.6 Å². The Morgan fingerprint density at radius 2 is 2.08 bits per heavy atom. The summed E-state index contributed by atoms with van der Waals surface area (Å²) in [5, 5.41) is 21.8. The van der Waals surface area contributed by atoms with E-state index in [0.29, 0.717) is 17.2 Å². The summed E-state index contributed by atoms with van der Waals surface area (Å²) in [5.74, 6) is 1.23. The number of nitrogens with zero attached hydrogens (tertiary/aromatic N) is 3. The van der Waals surface area contributed by atoms with Crippen molar-refractivity contribution in [3.63, 3.8) is 0 Å². The minimum absolute atomic E-state index is 0.187. The number of halogens is 1. The number of hydrogen-bond donors (Lipinski definition) is 2.